The molecule has 2 aromatic carbocycles. The number of hydrogen-bond acceptors (Lipinski definition) is 2. The van der Waals surface area contributed by atoms with E-state index in [2.05, 4.69) is 0 Å². The van der Waals surface area contributed by atoms with Crippen molar-refractivity contribution >= 4 is 16.7 Å². The molecular formula is C16H19NO2. The molecule has 0 saturated carbocycles. The van der Waals surface area contributed by atoms with Crippen molar-refractivity contribution < 1.29 is 9.53 Å². The predicted octanol–water partition coefficient (Wildman–Crippen LogP) is 3.33. The number of nitrogens with zero attached hydrogens (tertiary/aromatic N) is 1. The van der Waals surface area contributed by atoms with Crippen molar-refractivity contribution in [1.82, 2.24) is 4.90 Å². The maximum Gasteiger partial charge on any atom is 0.254 e. The minimum atomic E-state index is 0.0840. The van der Waals surface area contributed by atoms with Crippen molar-refractivity contribution in [1.29, 1.82) is 0 Å². The molecule has 0 N–H and O–H groups in total. The summed E-state index contributed by atoms with van der Waals surface area (Å²) in [7, 11) is 1.64. The Kier molecular flexibility index (Phi) is 4.05. The van der Waals surface area contributed by atoms with Crippen LogP contribution in [0.25, 0.3) is 10.8 Å². The number of rotatable bonds is 4. The lowest BCUT2D eigenvalue weighted by Gasteiger charge is -2.19. The fourth-order valence-electron chi connectivity index (χ4n) is 2.26. The fraction of sp³-hybridized carbons (Fsp3) is 0.312. The van der Waals surface area contributed by atoms with Crippen LogP contribution in [-0.2, 0) is 0 Å². The standard InChI is InChI=1S/C16H19NO2/c1-4-17(5-2)16(18)15-8-6-7-12-11-13(19-3)9-10-14(12)15/h6-11H,4-5H2,1-3H3. The molecule has 0 atom stereocenters. The van der Waals surface area contributed by atoms with Gasteiger partial charge in [-0.05, 0) is 48.9 Å². The van der Waals surface area contributed by atoms with Gasteiger partial charge >= 0.3 is 0 Å². The molecule has 0 aliphatic heterocycles. The quantitative estimate of drug-likeness (QED) is 0.840. The second kappa shape index (κ2) is 5.74. The molecule has 0 saturated heterocycles. The summed E-state index contributed by atoms with van der Waals surface area (Å²) in [5.74, 6) is 0.890. The van der Waals surface area contributed by atoms with Gasteiger partial charge in [0, 0.05) is 18.7 Å². The molecule has 0 bridgehead atoms. The molecule has 0 aliphatic carbocycles. The fourth-order valence-corrected chi connectivity index (χ4v) is 2.26. The first kappa shape index (κ1) is 13.4. The lowest BCUT2D eigenvalue weighted by Crippen LogP contribution is -2.30. The highest BCUT2D eigenvalue weighted by Gasteiger charge is 2.15. The van der Waals surface area contributed by atoms with Crippen LogP contribution < -0.4 is 4.74 Å². The number of fused-ring (bicyclic) bond motifs is 1. The monoisotopic (exact) mass is 257 g/mol. The van der Waals surface area contributed by atoms with Gasteiger partial charge in [-0.15, -0.1) is 0 Å². The molecule has 3 heteroatoms. The molecule has 0 heterocycles. The van der Waals surface area contributed by atoms with E-state index in [1.807, 2.05) is 55.1 Å². The summed E-state index contributed by atoms with van der Waals surface area (Å²) in [5.41, 5.74) is 0.754. The molecule has 19 heavy (non-hydrogen) atoms. The lowest BCUT2D eigenvalue weighted by atomic mass is 10.0. The Morgan fingerprint density at radius 2 is 1.89 bits per heavy atom. The highest BCUT2D eigenvalue weighted by atomic mass is 16.5. The number of carbonyl (C=O) groups is 1. The maximum absolute atomic E-state index is 12.5. The number of benzene rings is 2. The molecule has 0 aliphatic rings. The second-order valence-electron chi connectivity index (χ2n) is 4.37. The van der Waals surface area contributed by atoms with Crippen molar-refractivity contribution in [3.05, 3.63) is 42.0 Å². The van der Waals surface area contributed by atoms with Gasteiger partial charge in [0.2, 0.25) is 0 Å². The minimum Gasteiger partial charge on any atom is -0.497 e. The van der Waals surface area contributed by atoms with Crippen LogP contribution in [0.3, 0.4) is 0 Å². The molecule has 2 aromatic rings. The average Bonchev–Trinajstić information content (AvgIpc) is 2.47. The predicted molar refractivity (Wildman–Crippen MR) is 77.8 cm³/mol. The van der Waals surface area contributed by atoms with E-state index >= 15 is 0 Å². The van der Waals surface area contributed by atoms with Crippen molar-refractivity contribution in [2.75, 3.05) is 20.2 Å². The van der Waals surface area contributed by atoms with E-state index < -0.39 is 0 Å². The molecule has 100 valence electrons. The van der Waals surface area contributed by atoms with Gasteiger partial charge in [0.1, 0.15) is 5.75 Å². The Hall–Kier alpha value is -2.03. The molecule has 0 spiro atoms. The van der Waals surface area contributed by atoms with Crippen LogP contribution in [0.4, 0.5) is 0 Å². The Balaban J connectivity index is 2.52. The van der Waals surface area contributed by atoms with E-state index in [0.717, 1.165) is 35.2 Å². The molecule has 2 rings (SSSR count). The van der Waals surface area contributed by atoms with Crippen molar-refractivity contribution in [3.63, 3.8) is 0 Å². The third-order valence-corrected chi connectivity index (χ3v) is 3.37. The van der Waals surface area contributed by atoms with Crippen molar-refractivity contribution in [3.8, 4) is 5.75 Å². The summed E-state index contributed by atoms with van der Waals surface area (Å²) in [5, 5.41) is 2.00. The zero-order valence-corrected chi connectivity index (χ0v) is 11.6. The van der Waals surface area contributed by atoms with Gasteiger partial charge in [-0.2, -0.15) is 0 Å². The number of methoxy groups -OCH3 is 1. The molecule has 0 radical (unpaired) electrons. The van der Waals surface area contributed by atoms with Gasteiger partial charge in [-0.25, -0.2) is 0 Å². The first-order chi connectivity index (χ1) is 9.21. The summed E-state index contributed by atoms with van der Waals surface area (Å²) < 4.78 is 5.22. The highest BCUT2D eigenvalue weighted by molar-refractivity contribution is 6.07. The minimum absolute atomic E-state index is 0.0840. The van der Waals surface area contributed by atoms with Crippen LogP contribution in [0.5, 0.6) is 5.75 Å². The molecule has 0 aromatic heterocycles. The maximum atomic E-state index is 12.5. The van der Waals surface area contributed by atoms with Gasteiger partial charge in [0.15, 0.2) is 0 Å². The number of hydrogen-bond donors (Lipinski definition) is 0. The number of carbonyl (C=O) groups excluding carboxylic acids is 1. The summed E-state index contributed by atoms with van der Waals surface area (Å²) in [4.78, 5) is 14.3. The molecule has 1 amide bonds. The number of amides is 1. The Morgan fingerprint density at radius 1 is 1.16 bits per heavy atom. The Bertz CT molecular complexity index is 588. The van der Waals surface area contributed by atoms with Gasteiger partial charge < -0.3 is 9.64 Å². The van der Waals surface area contributed by atoms with Gasteiger partial charge in [-0.1, -0.05) is 12.1 Å². The van der Waals surface area contributed by atoms with Crippen molar-refractivity contribution in [2.24, 2.45) is 0 Å². The average molecular weight is 257 g/mol. The normalized spacial score (nSPS) is 10.5. The third kappa shape index (κ3) is 2.55. The van der Waals surface area contributed by atoms with Crippen LogP contribution in [0, 0.1) is 0 Å². The van der Waals surface area contributed by atoms with Crippen LogP contribution >= 0.6 is 0 Å². The smallest absolute Gasteiger partial charge is 0.254 e. The van der Waals surface area contributed by atoms with E-state index in [1.165, 1.54) is 0 Å². The van der Waals surface area contributed by atoms with Crippen molar-refractivity contribution in [2.45, 2.75) is 13.8 Å². The highest BCUT2D eigenvalue weighted by Crippen LogP contribution is 2.24. The van der Waals surface area contributed by atoms with E-state index in [1.54, 1.807) is 7.11 Å². The van der Waals surface area contributed by atoms with E-state index in [9.17, 15) is 4.79 Å². The molecule has 3 nitrogen and oxygen atoms in total. The van der Waals surface area contributed by atoms with E-state index in [4.69, 9.17) is 4.74 Å². The third-order valence-electron chi connectivity index (χ3n) is 3.37. The molecule has 0 fully saturated rings. The van der Waals surface area contributed by atoms with Gasteiger partial charge in [0.05, 0.1) is 7.11 Å². The SMILES string of the molecule is CCN(CC)C(=O)c1cccc2cc(OC)ccc12. The summed E-state index contributed by atoms with van der Waals surface area (Å²) in [6.45, 7) is 5.44. The van der Waals surface area contributed by atoms with Crippen LogP contribution in [-0.4, -0.2) is 31.0 Å². The first-order valence-electron chi connectivity index (χ1n) is 6.57. The Labute approximate surface area is 113 Å². The van der Waals surface area contributed by atoms with Gasteiger partial charge in [-0.3, -0.25) is 4.79 Å². The van der Waals surface area contributed by atoms with Crippen LogP contribution in [0.15, 0.2) is 36.4 Å². The Morgan fingerprint density at radius 3 is 2.53 bits per heavy atom. The number of ether oxygens (including phenoxy) is 1. The lowest BCUT2D eigenvalue weighted by molar-refractivity contribution is 0.0775. The van der Waals surface area contributed by atoms with Crippen LogP contribution in [0.1, 0.15) is 24.2 Å². The zero-order chi connectivity index (χ0) is 13.8. The summed E-state index contributed by atoms with van der Waals surface area (Å²) >= 11 is 0. The zero-order valence-electron chi connectivity index (χ0n) is 11.6. The van der Waals surface area contributed by atoms with Gasteiger partial charge in [0.25, 0.3) is 5.91 Å². The van der Waals surface area contributed by atoms with Crippen LogP contribution in [0.2, 0.25) is 0 Å². The van der Waals surface area contributed by atoms with E-state index in [-0.39, 0.29) is 5.91 Å². The second-order valence-corrected chi connectivity index (χ2v) is 4.37. The summed E-state index contributed by atoms with van der Waals surface area (Å²) in [6.07, 6.45) is 0. The summed E-state index contributed by atoms with van der Waals surface area (Å²) in [6, 6.07) is 11.6. The first-order valence-corrected chi connectivity index (χ1v) is 6.57. The largest absolute Gasteiger partial charge is 0.497 e. The topological polar surface area (TPSA) is 29.5 Å². The molecule has 0 unspecified atom stereocenters. The van der Waals surface area contributed by atoms with E-state index in [0.29, 0.717) is 0 Å². The molecular weight excluding hydrogens is 238 g/mol.